The van der Waals surface area contributed by atoms with E-state index >= 15 is 0 Å². The highest BCUT2D eigenvalue weighted by Crippen LogP contribution is 2.37. The SMILES string of the molecule is COc1ccc(Oc2ccc(NC(=O)c3cc(Br)c(OCc4ccccc4)c(OC)c3)cc2)cc1. The van der Waals surface area contributed by atoms with Gasteiger partial charge in [0.2, 0.25) is 0 Å². The van der Waals surface area contributed by atoms with Crippen molar-refractivity contribution in [1.29, 1.82) is 0 Å². The molecule has 4 rings (SSSR count). The van der Waals surface area contributed by atoms with Crippen molar-refractivity contribution >= 4 is 27.5 Å². The Morgan fingerprint density at radius 1 is 0.800 bits per heavy atom. The van der Waals surface area contributed by atoms with Crippen LogP contribution in [0.1, 0.15) is 15.9 Å². The molecule has 1 amide bonds. The highest BCUT2D eigenvalue weighted by Gasteiger charge is 2.16. The Bertz CT molecular complexity index is 1280. The smallest absolute Gasteiger partial charge is 0.255 e. The average molecular weight is 534 g/mol. The summed E-state index contributed by atoms with van der Waals surface area (Å²) in [5, 5.41) is 2.89. The van der Waals surface area contributed by atoms with Crippen LogP contribution in [-0.2, 0) is 6.61 Å². The summed E-state index contributed by atoms with van der Waals surface area (Å²) >= 11 is 3.51. The standard InChI is InChI=1S/C28H24BrNO5/c1-32-22-12-14-24(15-13-22)35-23-10-8-21(9-11-23)30-28(31)20-16-25(29)27(26(17-20)33-2)34-18-19-6-4-3-5-7-19/h3-17H,18H2,1-2H3,(H,30,31). The Kier molecular flexibility index (Phi) is 7.90. The Morgan fingerprint density at radius 2 is 1.43 bits per heavy atom. The third kappa shape index (κ3) is 6.33. The van der Waals surface area contributed by atoms with Gasteiger partial charge in [0.05, 0.1) is 18.7 Å². The molecule has 0 heterocycles. The first-order valence-electron chi connectivity index (χ1n) is 10.8. The third-order valence-electron chi connectivity index (χ3n) is 5.12. The van der Waals surface area contributed by atoms with E-state index in [9.17, 15) is 4.79 Å². The quantitative estimate of drug-likeness (QED) is 0.248. The van der Waals surface area contributed by atoms with Crippen molar-refractivity contribution in [3.05, 3.63) is 107 Å². The zero-order chi connectivity index (χ0) is 24.6. The van der Waals surface area contributed by atoms with Gasteiger partial charge in [-0.15, -0.1) is 0 Å². The number of methoxy groups -OCH3 is 2. The molecule has 4 aromatic rings. The van der Waals surface area contributed by atoms with Gasteiger partial charge < -0.3 is 24.3 Å². The van der Waals surface area contributed by atoms with E-state index in [2.05, 4.69) is 21.2 Å². The normalized spacial score (nSPS) is 10.4. The number of rotatable bonds is 9. The maximum Gasteiger partial charge on any atom is 0.255 e. The molecule has 0 bridgehead atoms. The second kappa shape index (κ2) is 11.4. The van der Waals surface area contributed by atoms with Gasteiger partial charge in [-0.2, -0.15) is 0 Å². The van der Waals surface area contributed by atoms with Gasteiger partial charge in [0, 0.05) is 11.3 Å². The maximum atomic E-state index is 12.9. The van der Waals surface area contributed by atoms with Crippen LogP contribution >= 0.6 is 15.9 Å². The van der Waals surface area contributed by atoms with E-state index in [-0.39, 0.29) is 5.91 Å². The first kappa shape index (κ1) is 24.2. The molecule has 0 saturated heterocycles. The van der Waals surface area contributed by atoms with E-state index in [1.165, 1.54) is 0 Å². The summed E-state index contributed by atoms with van der Waals surface area (Å²) in [5.41, 5.74) is 2.10. The molecular weight excluding hydrogens is 510 g/mol. The van der Waals surface area contributed by atoms with E-state index in [1.54, 1.807) is 50.6 Å². The van der Waals surface area contributed by atoms with Crippen molar-refractivity contribution in [2.45, 2.75) is 6.61 Å². The number of carbonyl (C=O) groups is 1. The van der Waals surface area contributed by atoms with Crippen LogP contribution < -0.4 is 24.3 Å². The lowest BCUT2D eigenvalue weighted by atomic mass is 10.1. The van der Waals surface area contributed by atoms with E-state index < -0.39 is 0 Å². The van der Waals surface area contributed by atoms with Gasteiger partial charge in [-0.25, -0.2) is 0 Å². The molecule has 1 N–H and O–H groups in total. The number of benzene rings is 4. The lowest BCUT2D eigenvalue weighted by Gasteiger charge is -2.15. The van der Waals surface area contributed by atoms with Crippen LogP contribution in [0.5, 0.6) is 28.7 Å². The molecule has 0 aliphatic rings. The second-order valence-electron chi connectivity index (χ2n) is 7.52. The molecule has 0 aliphatic carbocycles. The van der Waals surface area contributed by atoms with Gasteiger partial charge in [-0.1, -0.05) is 30.3 Å². The van der Waals surface area contributed by atoms with Gasteiger partial charge in [-0.3, -0.25) is 4.79 Å². The number of hydrogen-bond acceptors (Lipinski definition) is 5. The predicted molar refractivity (Wildman–Crippen MR) is 139 cm³/mol. The molecule has 35 heavy (non-hydrogen) atoms. The Balaban J connectivity index is 1.41. The minimum atomic E-state index is -0.276. The van der Waals surface area contributed by atoms with Crippen LogP contribution in [0.15, 0.2) is 95.5 Å². The molecule has 0 fully saturated rings. The Hall–Kier alpha value is -3.97. The van der Waals surface area contributed by atoms with Crippen LogP contribution in [0.3, 0.4) is 0 Å². The second-order valence-corrected chi connectivity index (χ2v) is 8.37. The molecule has 0 unspecified atom stereocenters. The molecule has 0 aliphatic heterocycles. The summed E-state index contributed by atoms with van der Waals surface area (Å²) in [6, 6.07) is 27.6. The van der Waals surface area contributed by atoms with Crippen molar-refractivity contribution in [3.8, 4) is 28.7 Å². The van der Waals surface area contributed by atoms with Gasteiger partial charge in [0.25, 0.3) is 5.91 Å². The molecule has 178 valence electrons. The lowest BCUT2D eigenvalue weighted by Crippen LogP contribution is -2.12. The highest BCUT2D eigenvalue weighted by molar-refractivity contribution is 9.10. The topological polar surface area (TPSA) is 66.0 Å². The molecular formula is C28H24BrNO5. The number of ether oxygens (including phenoxy) is 4. The van der Waals surface area contributed by atoms with E-state index in [4.69, 9.17) is 18.9 Å². The van der Waals surface area contributed by atoms with Crippen LogP contribution in [0.4, 0.5) is 5.69 Å². The molecule has 0 radical (unpaired) electrons. The molecule has 0 spiro atoms. The number of hydrogen-bond donors (Lipinski definition) is 1. The van der Waals surface area contributed by atoms with Gasteiger partial charge in [0.15, 0.2) is 11.5 Å². The van der Waals surface area contributed by atoms with Crippen molar-refractivity contribution in [3.63, 3.8) is 0 Å². The van der Waals surface area contributed by atoms with Gasteiger partial charge >= 0.3 is 0 Å². The largest absolute Gasteiger partial charge is 0.497 e. The zero-order valence-electron chi connectivity index (χ0n) is 19.3. The summed E-state index contributed by atoms with van der Waals surface area (Å²) < 4.78 is 23.0. The minimum absolute atomic E-state index is 0.276. The predicted octanol–water partition coefficient (Wildman–Crippen LogP) is 7.09. The number of anilines is 1. The third-order valence-corrected chi connectivity index (χ3v) is 5.71. The van der Waals surface area contributed by atoms with Gasteiger partial charge in [-0.05, 0) is 82.2 Å². The Morgan fingerprint density at radius 3 is 2.06 bits per heavy atom. The summed E-state index contributed by atoms with van der Waals surface area (Å²) in [5.74, 6) is 2.82. The fourth-order valence-corrected chi connectivity index (χ4v) is 3.87. The maximum absolute atomic E-state index is 12.9. The first-order chi connectivity index (χ1) is 17.1. The molecule has 7 heteroatoms. The zero-order valence-corrected chi connectivity index (χ0v) is 20.9. The van der Waals surface area contributed by atoms with Crippen LogP contribution in [0, 0.1) is 0 Å². The Labute approximate surface area is 212 Å². The van der Waals surface area contributed by atoms with Crippen LogP contribution in [0.2, 0.25) is 0 Å². The van der Waals surface area contributed by atoms with Crippen molar-refractivity contribution < 1.29 is 23.7 Å². The van der Waals surface area contributed by atoms with Gasteiger partial charge in [0.1, 0.15) is 23.9 Å². The summed E-state index contributed by atoms with van der Waals surface area (Å²) in [6.45, 7) is 0.381. The minimum Gasteiger partial charge on any atom is -0.497 e. The van der Waals surface area contributed by atoms with Crippen molar-refractivity contribution in [2.75, 3.05) is 19.5 Å². The van der Waals surface area contributed by atoms with E-state index in [0.29, 0.717) is 45.3 Å². The number of carbonyl (C=O) groups excluding carboxylic acids is 1. The number of nitrogens with one attached hydrogen (secondary N) is 1. The number of halogens is 1. The summed E-state index contributed by atoms with van der Waals surface area (Å²) in [4.78, 5) is 12.9. The van der Waals surface area contributed by atoms with E-state index in [1.807, 2.05) is 54.6 Å². The van der Waals surface area contributed by atoms with Crippen molar-refractivity contribution in [2.24, 2.45) is 0 Å². The van der Waals surface area contributed by atoms with Crippen LogP contribution in [-0.4, -0.2) is 20.1 Å². The highest BCUT2D eigenvalue weighted by atomic mass is 79.9. The van der Waals surface area contributed by atoms with Crippen molar-refractivity contribution in [1.82, 2.24) is 0 Å². The molecule has 6 nitrogen and oxygen atoms in total. The lowest BCUT2D eigenvalue weighted by molar-refractivity contribution is 0.102. The molecule has 0 aromatic heterocycles. The summed E-state index contributed by atoms with van der Waals surface area (Å²) in [7, 11) is 3.16. The number of amides is 1. The van der Waals surface area contributed by atoms with Crippen LogP contribution in [0.25, 0.3) is 0 Å². The van der Waals surface area contributed by atoms with E-state index in [0.717, 1.165) is 11.3 Å². The first-order valence-corrected chi connectivity index (χ1v) is 11.6. The molecule has 4 aromatic carbocycles. The molecule has 0 atom stereocenters. The fourth-order valence-electron chi connectivity index (χ4n) is 3.31. The monoisotopic (exact) mass is 533 g/mol. The molecule has 0 saturated carbocycles. The fraction of sp³-hybridized carbons (Fsp3) is 0.107. The summed E-state index contributed by atoms with van der Waals surface area (Å²) in [6.07, 6.45) is 0. The average Bonchev–Trinajstić information content (AvgIpc) is 2.89.